The second-order valence-electron chi connectivity index (χ2n) is 5.08. The number of hydrogen-bond donors (Lipinski definition) is 4. The number of aliphatic hydroxyl groups excluding tert-OH is 3. The molecule has 126 valence electrons. The normalized spacial score (nSPS) is 32.3. The van der Waals surface area contributed by atoms with Crippen molar-refractivity contribution in [2.45, 2.75) is 47.5 Å². The number of ether oxygens (including phenoxy) is 2. The molecule has 0 aromatic carbocycles. The molecule has 12 heteroatoms. The van der Waals surface area contributed by atoms with Gasteiger partial charge >= 0.3 is 124 Å². The number of aliphatic hydroxyl groups is 3. The minimum atomic E-state index is -4.74. The molecular formula is C9H19AsO10S. The Kier molecular flexibility index (Phi) is 6.42. The first kappa shape index (κ1) is 19.1. The van der Waals surface area contributed by atoms with Gasteiger partial charge in [0.2, 0.25) is 0 Å². The van der Waals surface area contributed by atoms with E-state index in [1.807, 2.05) is 0 Å². The molecule has 0 spiro atoms. The molecule has 21 heavy (non-hydrogen) atoms. The van der Waals surface area contributed by atoms with Gasteiger partial charge in [-0.2, -0.15) is 0 Å². The number of rotatable bonds is 7. The topological polar surface area (TPSA) is 160 Å². The zero-order valence-electron chi connectivity index (χ0n) is 11.4. The van der Waals surface area contributed by atoms with Gasteiger partial charge in [0.05, 0.1) is 0 Å². The van der Waals surface area contributed by atoms with Gasteiger partial charge in [-0.15, -0.1) is 0 Å². The molecule has 1 saturated heterocycles. The van der Waals surface area contributed by atoms with E-state index in [2.05, 4.69) is 4.18 Å². The van der Waals surface area contributed by atoms with E-state index in [9.17, 15) is 27.5 Å². The van der Waals surface area contributed by atoms with Gasteiger partial charge in [0.1, 0.15) is 0 Å². The standard InChI is InChI=1S/C9H19AsO10S/c1-10(2,14)3-5-7(12)8(13)9(19-5)20-6(11)4-18-21(15,16)17/h5-9,11-13H,3-4H2,1-2H3,(H,15,16,17). The van der Waals surface area contributed by atoms with Crippen molar-refractivity contribution in [1.82, 2.24) is 0 Å². The summed E-state index contributed by atoms with van der Waals surface area (Å²) >= 11 is -3.14. The van der Waals surface area contributed by atoms with Crippen LogP contribution in [0.25, 0.3) is 0 Å². The monoisotopic (exact) mass is 394 g/mol. The van der Waals surface area contributed by atoms with Crippen molar-refractivity contribution in [3.8, 4) is 0 Å². The molecule has 0 amide bonds. The van der Waals surface area contributed by atoms with Crippen LogP contribution in [-0.2, 0) is 27.8 Å². The molecule has 0 aliphatic carbocycles. The molecule has 0 aromatic rings. The Hall–Kier alpha value is 0.0284. The second-order valence-corrected chi connectivity index (χ2v) is 13.5. The molecule has 4 N–H and O–H groups in total. The molecule has 10 nitrogen and oxygen atoms in total. The van der Waals surface area contributed by atoms with Crippen LogP contribution < -0.4 is 0 Å². The molecule has 5 atom stereocenters. The van der Waals surface area contributed by atoms with Crippen LogP contribution in [0, 0.1) is 0 Å². The third-order valence-electron chi connectivity index (χ3n) is 2.59. The Labute approximate surface area is 124 Å². The van der Waals surface area contributed by atoms with Crippen molar-refractivity contribution < 1.29 is 45.7 Å². The predicted octanol–water partition coefficient (Wildman–Crippen LogP) is -1.78. The molecule has 1 fully saturated rings. The fourth-order valence-electron chi connectivity index (χ4n) is 1.75. The number of hydrogen-bond acceptors (Lipinski definition) is 9. The summed E-state index contributed by atoms with van der Waals surface area (Å²) in [5, 5.41) is 28.9. The molecule has 5 unspecified atom stereocenters. The summed E-state index contributed by atoms with van der Waals surface area (Å²) in [5.41, 5.74) is 3.09. The van der Waals surface area contributed by atoms with Crippen LogP contribution in [0.3, 0.4) is 0 Å². The summed E-state index contributed by atoms with van der Waals surface area (Å²) in [6.07, 6.45) is -7.03. The maximum absolute atomic E-state index is 11.7. The van der Waals surface area contributed by atoms with Crippen LogP contribution >= 0.6 is 0 Å². The van der Waals surface area contributed by atoms with Gasteiger partial charge in [0, 0.05) is 0 Å². The van der Waals surface area contributed by atoms with Gasteiger partial charge in [-0.25, -0.2) is 0 Å². The molecule has 1 rings (SSSR count). The zero-order chi connectivity index (χ0) is 16.4. The van der Waals surface area contributed by atoms with Crippen LogP contribution in [0.5, 0.6) is 0 Å². The first-order valence-corrected chi connectivity index (χ1v) is 13.1. The molecule has 0 aromatic heterocycles. The van der Waals surface area contributed by atoms with Gasteiger partial charge in [-0.1, -0.05) is 0 Å². The van der Waals surface area contributed by atoms with E-state index in [0.717, 1.165) is 0 Å². The molecule has 0 radical (unpaired) electrons. The van der Waals surface area contributed by atoms with Crippen molar-refractivity contribution in [1.29, 1.82) is 0 Å². The summed E-state index contributed by atoms with van der Waals surface area (Å²) in [5.74, 6) is 0. The fourth-order valence-corrected chi connectivity index (χ4v) is 4.49. The second kappa shape index (κ2) is 7.07. The van der Waals surface area contributed by atoms with Crippen molar-refractivity contribution in [3.63, 3.8) is 0 Å². The molecule has 1 heterocycles. The third-order valence-corrected chi connectivity index (χ3v) is 5.62. The molecule has 0 saturated carbocycles. The van der Waals surface area contributed by atoms with Crippen molar-refractivity contribution in [2.75, 3.05) is 6.61 Å². The van der Waals surface area contributed by atoms with E-state index in [0.29, 0.717) is 0 Å². The first-order chi connectivity index (χ1) is 9.39. The summed E-state index contributed by atoms with van der Waals surface area (Å²) in [6.45, 7) is -0.921. The van der Waals surface area contributed by atoms with E-state index < -0.39 is 61.4 Å². The summed E-state index contributed by atoms with van der Waals surface area (Å²) in [7, 11) is -4.74. The first-order valence-electron chi connectivity index (χ1n) is 5.90. The van der Waals surface area contributed by atoms with Crippen LogP contribution in [0.2, 0.25) is 16.6 Å². The summed E-state index contributed by atoms with van der Waals surface area (Å²) in [6, 6.07) is 0. The van der Waals surface area contributed by atoms with Gasteiger partial charge < -0.3 is 0 Å². The Morgan fingerprint density at radius 1 is 1.29 bits per heavy atom. The molecule has 1 aliphatic heterocycles. The van der Waals surface area contributed by atoms with Crippen LogP contribution in [0.4, 0.5) is 0 Å². The Morgan fingerprint density at radius 3 is 2.33 bits per heavy atom. The quantitative estimate of drug-likeness (QED) is 0.221. The van der Waals surface area contributed by atoms with E-state index in [4.69, 9.17) is 14.0 Å². The van der Waals surface area contributed by atoms with Gasteiger partial charge in [-0.05, 0) is 0 Å². The average molecular weight is 394 g/mol. The van der Waals surface area contributed by atoms with Crippen molar-refractivity contribution in [2.24, 2.45) is 0 Å². The van der Waals surface area contributed by atoms with E-state index >= 15 is 0 Å². The van der Waals surface area contributed by atoms with E-state index in [-0.39, 0.29) is 5.21 Å². The summed E-state index contributed by atoms with van der Waals surface area (Å²) < 4.78 is 54.5. The van der Waals surface area contributed by atoms with Crippen LogP contribution in [-0.4, -0.2) is 79.3 Å². The maximum atomic E-state index is 11.7. The fraction of sp³-hybridized carbons (Fsp3) is 1.00. The Morgan fingerprint density at radius 2 is 1.86 bits per heavy atom. The Bertz CT molecular complexity index is 487. The van der Waals surface area contributed by atoms with Gasteiger partial charge in [0.15, 0.2) is 0 Å². The minimum absolute atomic E-state index is 0.0634. The zero-order valence-corrected chi connectivity index (χ0v) is 14.1. The summed E-state index contributed by atoms with van der Waals surface area (Å²) in [4.78, 5) is 0. The molecule has 0 bridgehead atoms. The van der Waals surface area contributed by atoms with Crippen molar-refractivity contribution in [3.05, 3.63) is 0 Å². The molecule has 1 aliphatic rings. The Balaban J connectivity index is 2.54. The van der Waals surface area contributed by atoms with Gasteiger partial charge in [0.25, 0.3) is 0 Å². The van der Waals surface area contributed by atoms with Crippen molar-refractivity contribution >= 4 is 23.9 Å². The SMILES string of the molecule is C[As](C)(=O)CC1OC(OC(O)COS(=O)(=O)O)C(O)C1O. The molecular weight excluding hydrogens is 375 g/mol. The average Bonchev–Trinajstić information content (AvgIpc) is 2.52. The van der Waals surface area contributed by atoms with E-state index in [1.165, 1.54) is 0 Å². The van der Waals surface area contributed by atoms with Crippen LogP contribution in [0.15, 0.2) is 0 Å². The van der Waals surface area contributed by atoms with E-state index in [1.54, 1.807) is 11.4 Å². The third kappa shape index (κ3) is 6.76. The van der Waals surface area contributed by atoms with Gasteiger partial charge in [-0.3, -0.25) is 0 Å². The van der Waals surface area contributed by atoms with Crippen LogP contribution in [0.1, 0.15) is 0 Å². The predicted molar refractivity (Wildman–Crippen MR) is 68.2 cm³/mol.